The van der Waals surface area contributed by atoms with E-state index in [9.17, 15) is 4.79 Å². The number of hydrogen-bond donors (Lipinski definition) is 2. The van der Waals surface area contributed by atoms with E-state index in [0.717, 1.165) is 19.3 Å². The van der Waals surface area contributed by atoms with Crippen LogP contribution in [0.25, 0.3) is 0 Å². The van der Waals surface area contributed by atoms with Crippen molar-refractivity contribution in [2.75, 3.05) is 5.73 Å². The molecule has 0 radical (unpaired) electrons. The van der Waals surface area contributed by atoms with Gasteiger partial charge in [-0.15, -0.1) is 0 Å². The predicted molar refractivity (Wildman–Crippen MR) is 56.1 cm³/mol. The van der Waals surface area contributed by atoms with Crippen LogP contribution in [-0.4, -0.2) is 17.2 Å². The highest BCUT2D eigenvalue weighted by Crippen LogP contribution is 2.28. The van der Waals surface area contributed by atoms with Crippen LogP contribution in [0.5, 0.6) is 5.75 Å². The van der Waals surface area contributed by atoms with E-state index < -0.39 is 5.97 Å². The molecule has 1 saturated carbocycles. The largest absolute Gasteiger partial charge is 0.490 e. The Hall–Kier alpha value is -1.71. The van der Waals surface area contributed by atoms with Crippen molar-refractivity contribution in [3.05, 3.63) is 23.8 Å². The van der Waals surface area contributed by atoms with Crippen LogP contribution < -0.4 is 10.5 Å². The standard InChI is InChI=1S/C11H13NO3/c12-7-4-5-10(9(6-7)11(13)14)15-8-2-1-3-8/h4-6,8H,1-3,12H2,(H,13,14). The van der Waals surface area contributed by atoms with Gasteiger partial charge in [0.25, 0.3) is 0 Å². The molecular weight excluding hydrogens is 194 g/mol. The molecule has 2 rings (SSSR count). The van der Waals surface area contributed by atoms with Gasteiger partial charge in [0.15, 0.2) is 0 Å². The van der Waals surface area contributed by atoms with E-state index in [1.165, 1.54) is 6.07 Å². The maximum Gasteiger partial charge on any atom is 0.339 e. The molecule has 80 valence electrons. The Morgan fingerprint density at radius 1 is 1.47 bits per heavy atom. The molecule has 0 saturated heterocycles. The average Bonchev–Trinajstić information content (AvgIpc) is 2.12. The Labute approximate surface area is 87.7 Å². The molecule has 1 aromatic carbocycles. The fourth-order valence-corrected chi connectivity index (χ4v) is 1.49. The summed E-state index contributed by atoms with van der Waals surface area (Å²) in [5, 5.41) is 8.96. The van der Waals surface area contributed by atoms with Crippen LogP contribution in [0.15, 0.2) is 18.2 Å². The van der Waals surface area contributed by atoms with Crippen molar-refractivity contribution in [3.8, 4) is 5.75 Å². The molecule has 0 aromatic heterocycles. The zero-order valence-corrected chi connectivity index (χ0v) is 8.27. The van der Waals surface area contributed by atoms with Gasteiger partial charge < -0.3 is 15.6 Å². The van der Waals surface area contributed by atoms with Gasteiger partial charge in [-0.2, -0.15) is 0 Å². The number of aromatic carboxylic acids is 1. The summed E-state index contributed by atoms with van der Waals surface area (Å²) >= 11 is 0. The van der Waals surface area contributed by atoms with Crippen molar-refractivity contribution in [1.82, 2.24) is 0 Å². The highest BCUT2D eigenvalue weighted by Gasteiger charge is 2.21. The molecule has 15 heavy (non-hydrogen) atoms. The number of nitrogen functional groups attached to an aromatic ring is 1. The van der Waals surface area contributed by atoms with Gasteiger partial charge in [-0.3, -0.25) is 0 Å². The summed E-state index contributed by atoms with van der Waals surface area (Å²) in [6.45, 7) is 0. The molecule has 0 unspecified atom stereocenters. The lowest BCUT2D eigenvalue weighted by molar-refractivity contribution is 0.0680. The molecule has 0 heterocycles. The monoisotopic (exact) mass is 207 g/mol. The second-order valence-corrected chi connectivity index (χ2v) is 3.73. The number of carbonyl (C=O) groups is 1. The van der Waals surface area contributed by atoms with Crippen LogP contribution in [0, 0.1) is 0 Å². The third-order valence-corrected chi connectivity index (χ3v) is 2.58. The zero-order chi connectivity index (χ0) is 10.8. The summed E-state index contributed by atoms with van der Waals surface area (Å²) in [6.07, 6.45) is 3.33. The number of hydrogen-bond acceptors (Lipinski definition) is 3. The van der Waals surface area contributed by atoms with Gasteiger partial charge >= 0.3 is 5.97 Å². The van der Waals surface area contributed by atoms with Crippen LogP contribution in [-0.2, 0) is 0 Å². The Morgan fingerprint density at radius 2 is 2.20 bits per heavy atom. The maximum absolute atomic E-state index is 10.9. The summed E-state index contributed by atoms with van der Waals surface area (Å²) in [5.41, 5.74) is 6.10. The van der Waals surface area contributed by atoms with Gasteiger partial charge in [0.05, 0.1) is 6.10 Å². The Morgan fingerprint density at radius 3 is 2.73 bits per heavy atom. The molecule has 4 heteroatoms. The van der Waals surface area contributed by atoms with E-state index in [1.54, 1.807) is 12.1 Å². The van der Waals surface area contributed by atoms with Gasteiger partial charge in [-0.1, -0.05) is 0 Å². The number of rotatable bonds is 3. The highest BCUT2D eigenvalue weighted by atomic mass is 16.5. The minimum Gasteiger partial charge on any atom is -0.490 e. The van der Waals surface area contributed by atoms with Crippen LogP contribution >= 0.6 is 0 Å². The van der Waals surface area contributed by atoms with Crippen molar-refractivity contribution < 1.29 is 14.6 Å². The third kappa shape index (κ3) is 2.03. The predicted octanol–water partition coefficient (Wildman–Crippen LogP) is 1.90. The van der Waals surface area contributed by atoms with Gasteiger partial charge in [0.1, 0.15) is 11.3 Å². The minimum atomic E-state index is -1.00. The molecule has 0 amide bonds. The van der Waals surface area contributed by atoms with E-state index in [2.05, 4.69) is 0 Å². The zero-order valence-electron chi connectivity index (χ0n) is 8.27. The van der Waals surface area contributed by atoms with Crippen LogP contribution in [0.2, 0.25) is 0 Å². The lowest BCUT2D eigenvalue weighted by Crippen LogP contribution is -2.25. The van der Waals surface area contributed by atoms with E-state index in [0.29, 0.717) is 11.4 Å². The molecule has 4 nitrogen and oxygen atoms in total. The van der Waals surface area contributed by atoms with E-state index in [4.69, 9.17) is 15.6 Å². The Balaban J connectivity index is 2.23. The number of anilines is 1. The Kier molecular flexibility index (Phi) is 2.49. The van der Waals surface area contributed by atoms with Gasteiger partial charge in [0.2, 0.25) is 0 Å². The van der Waals surface area contributed by atoms with Gasteiger partial charge in [-0.05, 0) is 37.5 Å². The van der Waals surface area contributed by atoms with Gasteiger partial charge in [0, 0.05) is 5.69 Å². The first kappa shape index (κ1) is 9.83. The topological polar surface area (TPSA) is 72.5 Å². The van der Waals surface area contributed by atoms with Crippen molar-refractivity contribution >= 4 is 11.7 Å². The summed E-state index contributed by atoms with van der Waals surface area (Å²) in [4.78, 5) is 10.9. The smallest absolute Gasteiger partial charge is 0.339 e. The molecule has 0 spiro atoms. The summed E-state index contributed by atoms with van der Waals surface area (Å²) in [5.74, 6) is -0.585. The second-order valence-electron chi connectivity index (χ2n) is 3.73. The van der Waals surface area contributed by atoms with Crippen LogP contribution in [0.3, 0.4) is 0 Å². The highest BCUT2D eigenvalue weighted by molar-refractivity contribution is 5.92. The van der Waals surface area contributed by atoms with Crippen molar-refractivity contribution in [3.63, 3.8) is 0 Å². The van der Waals surface area contributed by atoms with E-state index in [-0.39, 0.29) is 11.7 Å². The maximum atomic E-state index is 10.9. The Bertz CT molecular complexity index is 385. The first-order chi connectivity index (χ1) is 7.16. The summed E-state index contributed by atoms with van der Waals surface area (Å²) in [6, 6.07) is 4.70. The average molecular weight is 207 g/mol. The molecule has 3 N–H and O–H groups in total. The molecule has 0 bridgehead atoms. The van der Waals surface area contributed by atoms with Crippen LogP contribution in [0.1, 0.15) is 29.6 Å². The SMILES string of the molecule is Nc1ccc(OC2CCC2)c(C(=O)O)c1. The van der Waals surface area contributed by atoms with E-state index in [1.807, 2.05) is 0 Å². The number of nitrogens with two attached hydrogens (primary N) is 1. The van der Waals surface area contributed by atoms with Crippen molar-refractivity contribution in [2.24, 2.45) is 0 Å². The van der Waals surface area contributed by atoms with Crippen LogP contribution in [0.4, 0.5) is 5.69 Å². The molecule has 1 aliphatic carbocycles. The first-order valence-electron chi connectivity index (χ1n) is 4.96. The fraction of sp³-hybridized carbons (Fsp3) is 0.364. The molecular formula is C11H13NO3. The molecule has 1 fully saturated rings. The van der Waals surface area contributed by atoms with Crippen molar-refractivity contribution in [2.45, 2.75) is 25.4 Å². The van der Waals surface area contributed by atoms with Crippen molar-refractivity contribution in [1.29, 1.82) is 0 Å². The molecule has 1 aliphatic rings. The number of ether oxygens (including phenoxy) is 1. The number of benzene rings is 1. The van der Waals surface area contributed by atoms with Gasteiger partial charge in [-0.25, -0.2) is 4.79 Å². The third-order valence-electron chi connectivity index (χ3n) is 2.58. The lowest BCUT2D eigenvalue weighted by Gasteiger charge is -2.27. The number of carboxylic acid groups (broad SMARTS) is 1. The molecule has 1 aromatic rings. The fourth-order valence-electron chi connectivity index (χ4n) is 1.49. The molecule has 0 atom stereocenters. The second kappa shape index (κ2) is 3.81. The minimum absolute atomic E-state index is 0.141. The van der Waals surface area contributed by atoms with E-state index >= 15 is 0 Å². The summed E-state index contributed by atoms with van der Waals surface area (Å²) in [7, 11) is 0. The summed E-state index contributed by atoms with van der Waals surface area (Å²) < 4.78 is 5.56. The number of carboxylic acids is 1. The first-order valence-corrected chi connectivity index (χ1v) is 4.96. The quantitative estimate of drug-likeness (QED) is 0.742. The molecule has 0 aliphatic heterocycles. The lowest BCUT2D eigenvalue weighted by atomic mass is 9.96. The normalized spacial score (nSPS) is 15.7.